The van der Waals surface area contributed by atoms with Gasteiger partial charge in [-0.1, -0.05) is 12.6 Å². The first-order valence-corrected chi connectivity index (χ1v) is 5.87. The Balaban J connectivity index is 2.74. The smallest absolute Gasteiger partial charge is 0.149 e. The summed E-state index contributed by atoms with van der Waals surface area (Å²) in [6, 6.07) is 5.47. The number of hydrogen-bond donors (Lipinski definition) is 2. The SMILES string of the molecule is C=C(/C=C(\C)CN=C(C)N)N=C(N)c1ccccn1. The number of amidine groups is 2. The Labute approximate surface area is 113 Å². The highest BCUT2D eigenvalue weighted by Gasteiger charge is 1.98. The third-order valence-electron chi connectivity index (χ3n) is 2.18. The molecule has 0 fully saturated rings. The average Bonchev–Trinajstić information content (AvgIpc) is 2.37. The first-order chi connectivity index (χ1) is 8.99. The third-order valence-corrected chi connectivity index (χ3v) is 2.18. The highest BCUT2D eigenvalue weighted by atomic mass is 14.9. The summed E-state index contributed by atoms with van der Waals surface area (Å²) in [6.07, 6.45) is 3.49. The summed E-state index contributed by atoms with van der Waals surface area (Å²) in [5.74, 6) is 0.892. The molecule has 0 atom stereocenters. The molecule has 100 valence electrons. The van der Waals surface area contributed by atoms with Gasteiger partial charge in [0, 0.05) is 6.20 Å². The molecular weight excluding hydrogens is 238 g/mol. The van der Waals surface area contributed by atoms with Crippen LogP contribution in [0.25, 0.3) is 0 Å². The molecule has 0 spiro atoms. The van der Waals surface area contributed by atoms with Crippen molar-refractivity contribution in [1.29, 1.82) is 0 Å². The molecule has 5 heteroatoms. The van der Waals surface area contributed by atoms with E-state index < -0.39 is 0 Å². The minimum Gasteiger partial charge on any atom is -0.388 e. The number of allylic oxidation sites excluding steroid dienone is 1. The lowest BCUT2D eigenvalue weighted by Crippen LogP contribution is -2.14. The third kappa shape index (κ3) is 5.63. The number of aromatic nitrogens is 1. The number of rotatable bonds is 5. The van der Waals surface area contributed by atoms with Gasteiger partial charge in [0.05, 0.1) is 18.1 Å². The Morgan fingerprint density at radius 3 is 2.68 bits per heavy atom. The van der Waals surface area contributed by atoms with Gasteiger partial charge in [-0.15, -0.1) is 0 Å². The fourth-order valence-corrected chi connectivity index (χ4v) is 1.34. The van der Waals surface area contributed by atoms with Crippen molar-refractivity contribution in [2.75, 3.05) is 6.54 Å². The van der Waals surface area contributed by atoms with E-state index in [1.54, 1.807) is 19.2 Å². The quantitative estimate of drug-likeness (QED) is 0.477. The summed E-state index contributed by atoms with van der Waals surface area (Å²) < 4.78 is 0. The van der Waals surface area contributed by atoms with Crippen molar-refractivity contribution >= 4 is 11.7 Å². The largest absolute Gasteiger partial charge is 0.388 e. The molecule has 1 rings (SSSR count). The lowest BCUT2D eigenvalue weighted by atomic mass is 10.2. The molecule has 0 aliphatic carbocycles. The summed E-state index contributed by atoms with van der Waals surface area (Å²) in [7, 11) is 0. The average molecular weight is 257 g/mol. The zero-order valence-electron chi connectivity index (χ0n) is 11.3. The maximum absolute atomic E-state index is 5.84. The Bertz CT molecular complexity index is 522. The van der Waals surface area contributed by atoms with Crippen molar-refractivity contribution in [1.82, 2.24) is 4.98 Å². The minimum absolute atomic E-state index is 0.341. The Kier molecular flexibility index (Phi) is 5.47. The van der Waals surface area contributed by atoms with Gasteiger partial charge in [0.1, 0.15) is 11.5 Å². The van der Waals surface area contributed by atoms with Gasteiger partial charge in [-0.05, 0) is 37.6 Å². The molecule has 1 heterocycles. The minimum atomic E-state index is 0.341. The topological polar surface area (TPSA) is 89.6 Å². The van der Waals surface area contributed by atoms with E-state index in [1.165, 1.54) is 0 Å². The molecule has 19 heavy (non-hydrogen) atoms. The molecule has 5 nitrogen and oxygen atoms in total. The van der Waals surface area contributed by atoms with Gasteiger partial charge in [0.25, 0.3) is 0 Å². The number of nitrogens with two attached hydrogens (primary N) is 2. The molecule has 0 aliphatic rings. The van der Waals surface area contributed by atoms with Crippen molar-refractivity contribution < 1.29 is 0 Å². The first kappa shape index (κ1) is 14.6. The highest BCUT2D eigenvalue weighted by molar-refractivity contribution is 5.96. The van der Waals surface area contributed by atoms with E-state index in [9.17, 15) is 0 Å². The second-order valence-electron chi connectivity index (χ2n) is 4.15. The summed E-state index contributed by atoms with van der Waals surface area (Å²) in [6.45, 7) is 8.05. The van der Waals surface area contributed by atoms with E-state index in [0.29, 0.717) is 29.6 Å². The van der Waals surface area contributed by atoms with Gasteiger partial charge in [-0.3, -0.25) is 9.98 Å². The van der Waals surface area contributed by atoms with Crippen LogP contribution in [0.3, 0.4) is 0 Å². The zero-order chi connectivity index (χ0) is 14.3. The Morgan fingerprint density at radius 1 is 1.37 bits per heavy atom. The van der Waals surface area contributed by atoms with E-state index in [4.69, 9.17) is 11.5 Å². The van der Waals surface area contributed by atoms with Crippen LogP contribution < -0.4 is 11.5 Å². The van der Waals surface area contributed by atoms with Crippen molar-refractivity contribution in [2.24, 2.45) is 21.5 Å². The molecule has 0 bridgehead atoms. The van der Waals surface area contributed by atoms with E-state index in [0.717, 1.165) is 5.57 Å². The van der Waals surface area contributed by atoms with Gasteiger partial charge in [0.15, 0.2) is 0 Å². The van der Waals surface area contributed by atoms with Crippen LogP contribution >= 0.6 is 0 Å². The molecule has 0 amide bonds. The van der Waals surface area contributed by atoms with Crippen LogP contribution in [0.4, 0.5) is 0 Å². The molecule has 0 unspecified atom stereocenters. The summed E-state index contributed by atoms with van der Waals surface area (Å²) in [5, 5.41) is 0. The van der Waals surface area contributed by atoms with E-state index in [-0.39, 0.29) is 0 Å². The second kappa shape index (κ2) is 7.10. The maximum atomic E-state index is 5.84. The van der Waals surface area contributed by atoms with E-state index in [1.807, 2.05) is 25.1 Å². The fourth-order valence-electron chi connectivity index (χ4n) is 1.34. The van der Waals surface area contributed by atoms with Gasteiger partial charge in [0.2, 0.25) is 0 Å². The molecule has 0 aromatic carbocycles. The number of nitrogens with zero attached hydrogens (tertiary/aromatic N) is 3. The predicted molar refractivity (Wildman–Crippen MR) is 80.0 cm³/mol. The van der Waals surface area contributed by atoms with E-state index in [2.05, 4.69) is 21.5 Å². The van der Waals surface area contributed by atoms with Crippen LogP contribution in [0.2, 0.25) is 0 Å². The highest BCUT2D eigenvalue weighted by Crippen LogP contribution is 2.04. The summed E-state index contributed by atoms with van der Waals surface area (Å²) in [4.78, 5) is 12.4. The first-order valence-electron chi connectivity index (χ1n) is 5.87. The Hall–Kier alpha value is -2.43. The fraction of sp³-hybridized carbons (Fsp3) is 0.214. The van der Waals surface area contributed by atoms with E-state index >= 15 is 0 Å². The maximum Gasteiger partial charge on any atom is 0.149 e. The van der Waals surface area contributed by atoms with Crippen LogP contribution in [-0.4, -0.2) is 23.2 Å². The van der Waals surface area contributed by atoms with Crippen molar-refractivity contribution in [2.45, 2.75) is 13.8 Å². The Morgan fingerprint density at radius 2 is 2.11 bits per heavy atom. The van der Waals surface area contributed by atoms with Crippen molar-refractivity contribution in [3.8, 4) is 0 Å². The van der Waals surface area contributed by atoms with Gasteiger partial charge < -0.3 is 11.5 Å². The molecule has 0 saturated heterocycles. The lowest BCUT2D eigenvalue weighted by Gasteiger charge is -2.01. The van der Waals surface area contributed by atoms with Crippen LogP contribution in [0.1, 0.15) is 19.5 Å². The molecule has 0 radical (unpaired) electrons. The second-order valence-corrected chi connectivity index (χ2v) is 4.15. The normalized spacial score (nSPS) is 13.5. The number of aliphatic imine (C=N–C) groups is 2. The van der Waals surface area contributed by atoms with Crippen LogP contribution in [0.15, 0.2) is 58.3 Å². The standard InChI is InChI=1S/C14H19N5/c1-10(9-18-12(3)15)8-11(2)19-14(16)13-6-4-5-7-17-13/h4-8H,2,9H2,1,3H3,(H2,15,18)(H2,16,19)/b10-8+. The number of hydrogen-bond acceptors (Lipinski definition) is 3. The van der Waals surface area contributed by atoms with Crippen molar-refractivity contribution in [3.63, 3.8) is 0 Å². The van der Waals surface area contributed by atoms with Crippen molar-refractivity contribution in [3.05, 3.63) is 54.0 Å². The molecular formula is C14H19N5. The predicted octanol–water partition coefficient (Wildman–Crippen LogP) is 1.62. The molecule has 1 aromatic rings. The van der Waals surface area contributed by atoms with Crippen LogP contribution in [0.5, 0.6) is 0 Å². The monoisotopic (exact) mass is 257 g/mol. The molecule has 0 aliphatic heterocycles. The molecule has 4 N–H and O–H groups in total. The van der Waals surface area contributed by atoms with Crippen LogP contribution in [-0.2, 0) is 0 Å². The summed E-state index contributed by atoms with van der Waals surface area (Å²) >= 11 is 0. The van der Waals surface area contributed by atoms with Gasteiger partial charge >= 0.3 is 0 Å². The zero-order valence-corrected chi connectivity index (χ0v) is 11.3. The van der Waals surface area contributed by atoms with Crippen LogP contribution in [0, 0.1) is 0 Å². The van der Waals surface area contributed by atoms with Gasteiger partial charge in [-0.2, -0.15) is 0 Å². The molecule has 0 saturated carbocycles. The molecule has 1 aromatic heterocycles. The lowest BCUT2D eigenvalue weighted by molar-refractivity contribution is 1.11. The number of pyridine rings is 1. The van der Waals surface area contributed by atoms with Gasteiger partial charge in [-0.25, -0.2) is 4.99 Å². The summed E-state index contributed by atoms with van der Waals surface area (Å²) in [5.41, 5.74) is 13.5.